The van der Waals surface area contributed by atoms with Gasteiger partial charge in [0, 0.05) is 12.5 Å². The fourth-order valence-electron chi connectivity index (χ4n) is 2.57. The van der Waals surface area contributed by atoms with Crippen molar-refractivity contribution in [1.82, 2.24) is 0 Å². The number of benzene rings is 2. The lowest BCUT2D eigenvalue weighted by atomic mass is 9.97. The second-order valence-electron chi connectivity index (χ2n) is 6.27. The summed E-state index contributed by atoms with van der Waals surface area (Å²) in [4.78, 5) is 12.5. The minimum Gasteiger partial charge on any atom is -0.497 e. The molecule has 0 aliphatic carbocycles. The minimum absolute atomic E-state index is 0.0225. The van der Waals surface area contributed by atoms with Crippen molar-refractivity contribution in [3.63, 3.8) is 0 Å². The average molecular weight is 359 g/mol. The van der Waals surface area contributed by atoms with Gasteiger partial charge < -0.3 is 14.8 Å². The summed E-state index contributed by atoms with van der Waals surface area (Å²) >= 11 is 0. The van der Waals surface area contributed by atoms with Gasteiger partial charge in [0.15, 0.2) is 0 Å². The maximum Gasteiger partial charge on any atom is 0.225 e. The van der Waals surface area contributed by atoms with Gasteiger partial charge in [-0.1, -0.05) is 32.4 Å². The maximum absolute atomic E-state index is 13.0. The Kier molecular flexibility index (Phi) is 7.45. The molecule has 26 heavy (non-hydrogen) atoms. The van der Waals surface area contributed by atoms with Gasteiger partial charge >= 0.3 is 0 Å². The van der Waals surface area contributed by atoms with Crippen molar-refractivity contribution in [3.8, 4) is 11.5 Å². The summed E-state index contributed by atoms with van der Waals surface area (Å²) in [7, 11) is 1.58. The molecular weight excluding hydrogens is 333 g/mol. The number of methoxy groups -OCH3 is 1. The van der Waals surface area contributed by atoms with E-state index in [9.17, 15) is 9.18 Å². The van der Waals surface area contributed by atoms with Gasteiger partial charge in [-0.15, -0.1) is 0 Å². The molecule has 1 unspecified atom stereocenters. The van der Waals surface area contributed by atoms with Crippen LogP contribution in [0.2, 0.25) is 0 Å². The fraction of sp³-hybridized carbons (Fsp3) is 0.381. The van der Waals surface area contributed by atoms with E-state index in [0.29, 0.717) is 23.8 Å². The lowest BCUT2D eigenvalue weighted by molar-refractivity contribution is -0.116. The van der Waals surface area contributed by atoms with E-state index in [1.165, 1.54) is 12.1 Å². The zero-order valence-corrected chi connectivity index (χ0v) is 15.5. The Labute approximate surface area is 154 Å². The summed E-state index contributed by atoms with van der Waals surface area (Å²) in [6, 6.07) is 11.6. The Bertz CT molecular complexity index is 716. The number of carbonyl (C=O) groups is 1. The molecule has 0 spiro atoms. The number of carbonyl (C=O) groups excluding carboxylic acids is 1. The minimum atomic E-state index is -0.282. The number of ether oxygens (including phenoxy) is 2. The van der Waals surface area contributed by atoms with Crippen LogP contribution in [0.25, 0.3) is 0 Å². The lowest BCUT2D eigenvalue weighted by Gasteiger charge is -2.16. The highest BCUT2D eigenvalue weighted by Gasteiger charge is 2.14. The summed E-state index contributed by atoms with van der Waals surface area (Å²) < 4.78 is 24.0. The Morgan fingerprint density at radius 3 is 2.58 bits per heavy atom. The monoisotopic (exact) mass is 359 g/mol. The number of nitrogens with one attached hydrogen (secondary N) is 1. The van der Waals surface area contributed by atoms with Crippen LogP contribution < -0.4 is 14.8 Å². The second-order valence-corrected chi connectivity index (χ2v) is 6.27. The van der Waals surface area contributed by atoms with Gasteiger partial charge in [-0.05, 0) is 42.2 Å². The summed E-state index contributed by atoms with van der Waals surface area (Å²) in [6.07, 6.45) is 2.27. The molecule has 0 radical (unpaired) electrons. The smallest absolute Gasteiger partial charge is 0.225 e. The van der Waals surface area contributed by atoms with Crippen LogP contribution in [0.4, 0.5) is 10.1 Å². The molecule has 2 rings (SSSR count). The number of hydrogen-bond donors (Lipinski definition) is 1. The molecule has 1 atom stereocenters. The van der Waals surface area contributed by atoms with Gasteiger partial charge in [-0.25, -0.2) is 4.39 Å². The zero-order valence-electron chi connectivity index (χ0n) is 15.5. The van der Waals surface area contributed by atoms with Crippen LogP contribution in [-0.2, 0) is 4.79 Å². The Morgan fingerprint density at radius 2 is 1.92 bits per heavy atom. The highest BCUT2D eigenvalue weighted by molar-refractivity contribution is 5.93. The van der Waals surface area contributed by atoms with Crippen LogP contribution in [0.1, 0.15) is 44.6 Å². The largest absolute Gasteiger partial charge is 0.497 e. The van der Waals surface area contributed by atoms with Crippen molar-refractivity contribution in [2.45, 2.75) is 39.0 Å². The quantitative estimate of drug-likeness (QED) is 0.630. The standard InChI is InChI=1S/C21H26FNO3/c1-4-5-12-26-20-11-10-18(25-3)14-19(20)23-21(24)13-15(2)16-6-8-17(22)9-7-16/h6-11,14-15H,4-5,12-13H2,1-3H3,(H,23,24). The van der Waals surface area contributed by atoms with Crippen molar-refractivity contribution < 1.29 is 18.7 Å². The van der Waals surface area contributed by atoms with Crippen molar-refractivity contribution in [2.24, 2.45) is 0 Å². The molecule has 2 aromatic carbocycles. The van der Waals surface area contributed by atoms with E-state index in [0.717, 1.165) is 18.4 Å². The molecule has 4 nitrogen and oxygen atoms in total. The van der Waals surface area contributed by atoms with Crippen LogP contribution in [0.3, 0.4) is 0 Å². The molecule has 0 aliphatic heterocycles. The predicted molar refractivity (Wildman–Crippen MR) is 101 cm³/mol. The molecule has 2 aromatic rings. The van der Waals surface area contributed by atoms with E-state index in [-0.39, 0.29) is 24.1 Å². The van der Waals surface area contributed by atoms with E-state index in [4.69, 9.17) is 9.47 Å². The second kappa shape index (κ2) is 9.80. The Morgan fingerprint density at radius 1 is 1.19 bits per heavy atom. The number of amides is 1. The molecule has 140 valence electrons. The SMILES string of the molecule is CCCCOc1ccc(OC)cc1NC(=O)CC(C)c1ccc(F)cc1. The first-order valence-electron chi connectivity index (χ1n) is 8.89. The number of unbranched alkanes of at least 4 members (excludes halogenated alkanes) is 1. The van der Waals surface area contributed by atoms with Crippen molar-refractivity contribution in [3.05, 3.63) is 53.8 Å². The summed E-state index contributed by atoms with van der Waals surface area (Å²) in [5.74, 6) is 0.841. The van der Waals surface area contributed by atoms with E-state index in [1.54, 1.807) is 37.4 Å². The molecule has 0 fully saturated rings. The van der Waals surface area contributed by atoms with Crippen LogP contribution in [0, 0.1) is 5.82 Å². The first-order valence-corrected chi connectivity index (χ1v) is 8.89. The molecule has 1 amide bonds. The highest BCUT2D eigenvalue weighted by atomic mass is 19.1. The molecule has 0 aromatic heterocycles. The maximum atomic E-state index is 13.0. The molecule has 1 N–H and O–H groups in total. The van der Waals surface area contributed by atoms with Crippen molar-refractivity contribution in [2.75, 3.05) is 19.0 Å². The van der Waals surface area contributed by atoms with Crippen LogP contribution in [-0.4, -0.2) is 19.6 Å². The Balaban J connectivity index is 2.05. The molecule has 0 aliphatic rings. The Hall–Kier alpha value is -2.56. The number of halogens is 1. The van der Waals surface area contributed by atoms with Crippen LogP contribution in [0.5, 0.6) is 11.5 Å². The molecule has 0 saturated heterocycles. The van der Waals surface area contributed by atoms with Crippen LogP contribution in [0.15, 0.2) is 42.5 Å². The average Bonchev–Trinajstić information content (AvgIpc) is 2.63. The predicted octanol–water partition coefficient (Wildman–Crippen LogP) is 5.15. The van der Waals surface area contributed by atoms with Gasteiger partial charge in [0.1, 0.15) is 17.3 Å². The lowest BCUT2D eigenvalue weighted by Crippen LogP contribution is -2.15. The van der Waals surface area contributed by atoms with Gasteiger partial charge in [-0.3, -0.25) is 4.79 Å². The fourth-order valence-corrected chi connectivity index (χ4v) is 2.57. The van der Waals surface area contributed by atoms with Gasteiger partial charge in [0.2, 0.25) is 5.91 Å². The van der Waals surface area contributed by atoms with Crippen LogP contribution >= 0.6 is 0 Å². The molecule has 0 saturated carbocycles. The van der Waals surface area contributed by atoms with Crippen molar-refractivity contribution in [1.29, 1.82) is 0 Å². The first-order chi connectivity index (χ1) is 12.5. The third-order valence-corrected chi connectivity index (χ3v) is 4.15. The number of hydrogen-bond acceptors (Lipinski definition) is 3. The van der Waals surface area contributed by atoms with E-state index >= 15 is 0 Å². The van der Waals surface area contributed by atoms with Gasteiger partial charge in [0.05, 0.1) is 19.4 Å². The molecule has 0 bridgehead atoms. The van der Waals surface area contributed by atoms with E-state index in [1.807, 2.05) is 6.92 Å². The normalized spacial score (nSPS) is 11.7. The topological polar surface area (TPSA) is 47.6 Å². The summed E-state index contributed by atoms with van der Waals surface area (Å²) in [5.41, 5.74) is 1.52. The zero-order chi connectivity index (χ0) is 18.9. The molecule has 0 heterocycles. The van der Waals surface area contributed by atoms with E-state index < -0.39 is 0 Å². The third kappa shape index (κ3) is 5.76. The highest BCUT2D eigenvalue weighted by Crippen LogP contribution is 2.30. The van der Waals surface area contributed by atoms with Gasteiger partial charge in [-0.2, -0.15) is 0 Å². The summed E-state index contributed by atoms with van der Waals surface area (Å²) in [6.45, 7) is 4.63. The first kappa shape index (κ1) is 19.8. The third-order valence-electron chi connectivity index (χ3n) is 4.15. The van der Waals surface area contributed by atoms with Gasteiger partial charge in [0.25, 0.3) is 0 Å². The van der Waals surface area contributed by atoms with E-state index in [2.05, 4.69) is 12.2 Å². The molecular formula is C21H26FNO3. The number of anilines is 1. The van der Waals surface area contributed by atoms with Crippen molar-refractivity contribution >= 4 is 11.6 Å². The molecule has 5 heteroatoms. The number of rotatable bonds is 9. The summed E-state index contributed by atoms with van der Waals surface area (Å²) in [5, 5.41) is 2.91.